The first-order valence-corrected chi connectivity index (χ1v) is 11.7. The molecule has 0 aliphatic carbocycles. The zero-order valence-electron chi connectivity index (χ0n) is 18.8. The van der Waals surface area contributed by atoms with Crippen molar-refractivity contribution in [2.24, 2.45) is 0 Å². The van der Waals surface area contributed by atoms with Gasteiger partial charge in [-0.05, 0) is 56.0 Å². The molecule has 0 radical (unpaired) electrons. The minimum atomic E-state index is 0.155. The van der Waals surface area contributed by atoms with Crippen LogP contribution in [0.15, 0.2) is 54.0 Å². The van der Waals surface area contributed by atoms with Crippen LogP contribution in [0.25, 0.3) is 10.4 Å². The first kappa shape index (κ1) is 23.5. The number of aryl methyl sites for hydroxylation is 1. The van der Waals surface area contributed by atoms with E-state index < -0.39 is 0 Å². The summed E-state index contributed by atoms with van der Waals surface area (Å²) in [5.41, 5.74) is 6.95. The van der Waals surface area contributed by atoms with Crippen molar-refractivity contribution in [1.82, 2.24) is 15.2 Å². The van der Waals surface area contributed by atoms with Crippen molar-refractivity contribution in [3.63, 3.8) is 0 Å². The lowest BCUT2D eigenvalue weighted by Gasteiger charge is -2.21. The van der Waals surface area contributed by atoms with Crippen molar-refractivity contribution in [3.8, 4) is 10.4 Å². The number of nitrogens with one attached hydrogen (secondary N) is 2. The predicted molar refractivity (Wildman–Crippen MR) is 131 cm³/mol. The Morgan fingerprint density at radius 1 is 1.25 bits per heavy atom. The zero-order chi connectivity index (χ0) is 22.9. The van der Waals surface area contributed by atoms with E-state index in [1.807, 2.05) is 60.8 Å². The molecular formula is C25H30N4O2S. The molecule has 2 N–H and O–H groups in total. The van der Waals surface area contributed by atoms with Gasteiger partial charge in [-0.1, -0.05) is 30.3 Å². The molecule has 4 rings (SSSR count). The summed E-state index contributed by atoms with van der Waals surface area (Å²) in [6, 6.07) is 16.2. The van der Waals surface area contributed by atoms with Gasteiger partial charge in [0, 0.05) is 37.4 Å². The van der Waals surface area contributed by atoms with Gasteiger partial charge in [-0.25, -0.2) is 4.98 Å². The van der Waals surface area contributed by atoms with Gasteiger partial charge in [0.1, 0.15) is 0 Å². The van der Waals surface area contributed by atoms with Crippen molar-refractivity contribution in [2.75, 3.05) is 18.9 Å². The number of nitrogens with zero attached hydrogens (tertiary/aromatic N) is 2. The summed E-state index contributed by atoms with van der Waals surface area (Å²) in [4.78, 5) is 29.8. The Kier molecular flexibility index (Phi) is 8.39. The number of aromatic nitrogens is 1. The Morgan fingerprint density at radius 3 is 2.62 bits per heavy atom. The van der Waals surface area contributed by atoms with Crippen molar-refractivity contribution >= 4 is 29.3 Å². The average Bonchev–Trinajstić information content (AvgIpc) is 3.46. The molecule has 1 aliphatic heterocycles. The molecule has 3 aromatic rings. The average molecular weight is 451 g/mol. The second kappa shape index (κ2) is 11.4. The minimum Gasteiger partial charge on any atom is -0.388 e. The number of hydrogen-bond donors (Lipinski definition) is 2. The molecule has 0 bridgehead atoms. The molecule has 2 aromatic carbocycles. The number of carbonyl (C=O) groups is 2. The van der Waals surface area contributed by atoms with E-state index in [0.29, 0.717) is 19.0 Å². The van der Waals surface area contributed by atoms with E-state index in [4.69, 9.17) is 0 Å². The molecule has 1 atom stereocenters. The number of thiazole rings is 1. The summed E-state index contributed by atoms with van der Waals surface area (Å²) < 4.78 is 0. The molecule has 1 fully saturated rings. The van der Waals surface area contributed by atoms with E-state index >= 15 is 0 Å². The van der Waals surface area contributed by atoms with Crippen LogP contribution in [0.2, 0.25) is 0 Å². The van der Waals surface area contributed by atoms with Crippen LogP contribution in [0.4, 0.5) is 5.69 Å². The molecule has 0 saturated carbocycles. The van der Waals surface area contributed by atoms with Crippen LogP contribution in [0.5, 0.6) is 0 Å². The molecule has 1 aromatic heterocycles. The van der Waals surface area contributed by atoms with Gasteiger partial charge in [0.25, 0.3) is 5.91 Å². The Bertz CT molecular complexity index is 1030. The first-order valence-electron chi connectivity index (χ1n) is 10.8. The van der Waals surface area contributed by atoms with E-state index in [1.54, 1.807) is 11.3 Å². The zero-order valence-corrected chi connectivity index (χ0v) is 19.6. The molecular weight excluding hydrogens is 420 g/mol. The molecule has 1 unspecified atom stereocenters. The maximum Gasteiger partial charge on any atom is 0.254 e. The van der Waals surface area contributed by atoms with Crippen LogP contribution < -0.4 is 10.6 Å². The molecule has 2 heterocycles. The molecule has 1 aliphatic rings. The Morgan fingerprint density at radius 2 is 2.03 bits per heavy atom. The lowest BCUT2D eigenvalue weighted by Crippen LogP contribution is -2.33. The first-order chi connectivity index (χ1) is 15.5. The van der Waals surface area contributed by atoms with E-state index in [2.05, 4.69) is 34.7 Å². The summed E-state index contributed by atoms with van der Waals surface area (Å²) in [6.07, 6.45) is 2.96. The van der Waals surface area contributed by atoms with Crippen molar-refractivity contribution in [3.05, 3.63) is 70.9 Å². The van der Waals surface area contributed by atoms with Gasteiger partial charge in [0.05, 0.1) is 16.1 Å². The van der Waals surface area contributed by atoms with Crippen LogP contribution in [-0.4, -0.2) is 41.8 Å². The van der Waals surface area contributed by atoms with E-state index in [0.717, 1.165) is 41.9 Å². The summed E-state index contributed by atoms with van der Waals surface area (Å²) in [5, 5.41) is 5.69. The summed E-state index contributed by atoms with van der Waals surface area (Å²) in [6.45, 7) is 5.59. The van der Waals surface area contributed by atoms with E-state index in [1.165, 1.54) is 10.4 Å². The standard InChI is InChI=1S/C13H18N2O.C12H12N2OS/c1-10-5-4-8-15(10)13(16)11-6-3-7-12(9-11)14-2;1-9-12(16-8-14-9)11-4-2-10(3-5-11)6-13-7-15/h3,6-7,9-10,14H,4-5,8H2,1-2H3;2-5,7-8H,6H2,1H3,(H,13,15). The highest BCUT2D eigenvalue weighted by Crippen LogP contribution is 2.27. The van der Waals surface area contributed by atoms with Crippen LogP contribution in [0.1, 0.15) is 41.4 Å². The van der Waals surface area contributed by atoms with Gasteiger partial charge in [-0.15, -0.1) is 11.3 Å². The topological polar surface area (TPSA) is 74.3 Å². The van der Waals surface area contributed by atoms with Gasteiger partial charge < -0.3 is 15.5 Å². The van der Waals surface area contributed by atoms with E-state index in [-0.39, 0.29) is 5.91 Å². The monoisotopic (exact) mass is 450 g/mol. The Labute approximate surface area is 193 Å². The number of amides is 2. The highest BCUT2D eigenvalue weighted by atomic mass is 32.1. The molecule has 2 amide bonds. The second-order valence-corrected chi connectivity index (χ2v) is 8.64. The van der Waals surface area contributed by atoms with Crippen LogP contribution in [0, 0.1) is 6.92 Å². The minimum absolute atomic E-state index is 0.155. The molecule has 7 heteroatoms. The molecule has 1 saturated heterocycles. The van der Waals surface area contributed by atoms with Gasteiger partial charge >= 0.3 is 0 Å². The fourth-order valence-corrected chi connectivity index (χ4v) is 4.53. The molecule has 6 nitrogen and oxygen atoms in total. The van der Waals surface area contributed by atoms with Gasteiger partial charge in [-0.3, -0.25) is 9.59 Å². The van der Waals surface area contributed by atoms with Gasteiger partial charge in [0.15, 0.2) is 0 Å². The van der Waals surface area contributed by atoms with Gasteiger partial charge in [-0.2, -0.15) is 0 Å². The van der Waals surface area contributed by atoms with Crippen LogP contribution in [-0.2, 0) is 11.3 Å². The summed E-state index contributed by atoms with van der Waals surface area (Å²) in [7, 11) is 1.86. The number of likely N-dealkylation sites (tertiary alicyclic amines) is 1. The van der Waals surface area contributed by atoms with E-state index in [9.17, 15) is 9.59 Å². The number of carbonyl (C=O) groups excluding carboxylic acids is 2. The highest BCUT2D eigenvalue weighted by Gasteiger charge is 2.25. The predicted octanol–water partition coefficient (Wildman–Crippen LogP) is 4.72. The fourth-order valence-electron chi connectivity index (χ4n) is 3.72. The smallest absolute Gasteiger partial charge is 0.254 e. The van der Waals surface area contributed by atoms with Gasteiger partial charge in [0.2, 0.25) is 6.41 Å². The Hall–Kier alpha value is -3.19. The van der Waals surface area contributed by atoms with Crippen LogP contribution >= 0.6 is 11.3 Å². The number of hydrogen-bond acceptors (Lipinski definition) is 5. The molecule has 168 valence electrons. The van der Waals surface area contributed by atoms with Crippen LogP contribution in [0.3, 0.4) is 0 Å². The number of anilines is 1. The van der Waals surface area contributed by atoms with Crippen molar-refractivity contribution in [2.45, 2.75) is 39.3 Å². The SMILES string of the molecule is CNc1cccc(C(=O)N2CCCC2C)c1.Cc1ncsc1-c1ccc(CNC=O)cc1. The van der Waals surface area contributed by atoms with Crippen molar-refractivity contribution < 1.29 is 9.59 Å². The fraction of sp³-hybridized carbons (Fsp3) is 0.320. The number of rotatable bonds is 6. The molecule has 0 spiro atoms. The summed E-state index contributed by atoms with van der Waals surface area (Å²) in [5.74, 6) is 0.155. The third kappa shape index (κ3) is 5.95. The second-order valence-electron chi connectivity index (χ2n) is 7.78. The summed E-state index contributed by atoms with van der Waals surface area (Å²) >= 11 is 1.64. The highest BCUT2D eigenvalue weighted by molar-refractivity contribution is 7.13. The third-order valence-electron chi connectivity index (χ3n) is 5.56. The normalized spacial score (nSPS) is 15.0. The largest absolute Gasteiger partial charge is 0.388 e. The third-order valence-corrected chi connectivity index (χ3v) is 6.54. The lowest BCUT2D eigenvalue weighted by atomic mass is 10.1. The molecule has 32 heavy (non-hydrogen) atoms. The maximum atomic E-state index is 12.2. The lowest BCUT2D eigenvalue weighted by molar-refractivity contribution is -0.109. The quantitative estimate of drug-likeness (QED) is 0.533. The number of benzene rings is 2. The maximum absolute atomic E-state index is 12.2. The Balaban J connectivity index is 0.000000181. The van der Waals surface area contributed by atoms with Crippen molar-refractivity contribution in [1.29, 1.82) is 0 Å².